The first-order valence-electron chi connectivity index (χ1n) is 10.9. The van der Waals surface area contributed by atoms with Gasteiger partial charge in [0, 0.05) is 37.3 Å². The average molecular weight is 444 g/mol. The maximum atomic E-state index is 12.5. The van der Waals surface area contributed by atoms with Gasteiger partial charge in [0.05, 0.1) is 30.7 Å². The van der Waals surface area contributed by atoms with Crippen LogP contribution in [0.3, 0.4) is 0 Å². The largest absolute Gasteiger partial charge is 0.379 e. The highest BCUT2D eigenvalue weighted by Gasteiger charge is 2.13. The van der Waals surface area contributed by atoms with Gasteiger partial charge in [0.1, 0.15) is 5.69 Å². The normalized spacial score (nSPS) is 14.4. The van der Waals surface area contributed by atoms with E-state index in [1.54, 1.807) is 35.1 Å². The van der Waals surface area contributed by atoms with Crippen LogP contribution in [0.5, 0.6) is 0 Å². The molecule has 1 amide bonds. The first-order chi connectivity index (χ1) is 16.2. The monoisotopic (exact) mass is 444 g/mol. The summed E-state index contributed by atoms with van der Waals surface area (Å²) in [4.78, 5) is 30.1. The van der Waals surface area contributed by atoms with E-state index >= 15 is 0 Å². The molecule has 9 heteroatoms. The van der Waals surface area contributed by atoms with Gasteiger partial charge in [0.2, 0.25) is 0 Å². The Hall–Kier alpha value is -3.82. The quantitative estimate of drug-likeness (QED) is 0.470. The summed E-state index contributed by atoms with van der Waals surface area (Å²) < 4.78 is 6.92. The van der Waals surface area contributed by atoms with E-state index in [9.17, 15) is 9.59 Å². The summed E-state index contributed by atoms with van der Waals surface area (Å²) in [7, 11) is 0. The molecule has 0 spiro atoms. The van der Waals surface area contributed by atoms with Crippen LogP contribution in [0.25, 0.3) is 27.8 Å². The molecule has 168 valence electrons. The van der Waals surface area contributed by atoms with Crippen molar-refractivity contribution in [2.75, 3.05) is 39.4 Å². The molecule has 0 unspecified atom stereocenters. The number of carbonyl (C=O) groups is 1. The number of benzene rings is 2. The molecule has 0 saturated carbocycles. The van der Waals surface area contributed by atoms with Crippen LogP contribution in [0, 0.1) is 0 Å². The number of nitrogens with one attached hydrogen (secondary N) is 2. The van der Waals surface area contributed by atoms with Gasteiger partial charge in [-0.3, -0.25) is 14.5 Å². The maximum absolute atomic E-state index is 12.5. The summed E-state index contributed by atoms with van der Waals surface area (Å²) in [5.74, 6) is -0.114. The number of H-pyrrole nitrogens is 1. The number of amides is 1. The molecule has 0 atom stereocenters. The zero-order chi connectivity index (χ0) is 22.6. The minimum absolute atomic E-state index is 0.114. The van der Waals surface area contributed by atoms with Crippen molar-refractivity contribution in [2.45, 2.75) is 0 Å². The van der Waals surface area contributed by atoms with Crippen LogP contribution in [-0.4, -0.2) is 70.2 Å². The zero-order valence-corrected chi connectivity index (χ0v) is 18.0. The van der Waals surface area contributed by atoms with Gasteiger partial charge in [-0.2, -0.15) is 0 Å². The highest BCUT2D eigenvalue weighted by Crippen LogP contribution is 2.18. The average Bonchev–Trinajstić information content (AvgIpc) is 3.34. The fourth-order valence-electron chi connectivity index (χ4n) is 3.87. The second-order valence-electron chi connectivity index (χ2n) is 7.90. The molecule has 0 aliphatic carbocycles. The van der Waals surface area contributed by atoms with Crippen LogP contribution < -0.4 is 10.9 Å². The summed E-state index contributed by atoms with van der Waals surface area (Å²) in [5.41, 5.74) is 2.81. The topological polar surface area (TPSA) is 105 Å². The van der Waals surface area contributed by atoms with Gasteiger partial charge in [0.25, 0.3) is 11.5 Å². The fourth-order valence-corrected chi connectivity index (χ4v) is 3.87. The third-order valence-electron chi connectivity index (χ3n) is 5.73. The number of morpholine rings is 1. The van der Waals surface area contributed by atoms with Crippen molar-refractivity contribution in [3.63, 3.8) is 0 Å². The number of aromatic amines is 1. The van der Waals surface area contributed by atoms with Gasteiger partial charge in [-0.15, -0.1) is 5.10 Å². The van der Waals surface area contributed by atoms with Crippen LogP contribution in [-0.2, 0) is 4.74 Å². The second-order valence-corrected chi connectivity index (χ2v) is 7.90. The van der Waals surface area contributed by atoms with E-state index in [-0.39, 0.29) is 11.5 Å². The molecule has 2 N–H and O–H groups in total. The van der Waals surface area contributed by atoms with E-state index in [1.165, 1.54) is 0 Å². The van der Waals surface area contributed by atoms with Crippen molar-refractivity contribution in [1.29, 1.82) is 0 Å². The Bertz CT molecular complexity index is 1320. The van der Waals surface area contributed by atoms with E-state index in [1.807, 2.05) is 30.3 Å². The number of nitrogens with zero attached hydrogens (tertiary/aromatic N) is 4. The molecule has 5 rings (SSSR count). The van der Waals surface area contributed by atoms with E-state index in [2.05, 4.69) is 25.5 Å². The highest BCUT2D eigenvalue weighted by molar-refractivity contribution is 5.94. The van der Waals surface area contributed by atoms with Gasteiger partial charge in [-0.05, 0) is 41.8 Å². The molecule has 1 fully saturated rings. The first kappa shape index (κ1) is 21.0. The predicted molar refractivity (Wildman–Crippen MR) is 125 cm³/mol. The Balaban J connectivity index is 1.26. The second kappa shape index (κ2) is 9.35. The summed E-state index contributed by atoms with van der Waals surface area (Å²) >= 11 is 0. The SMILES string of the molecule is O=C(NCCN1CCOCC1)c1ccc(-n2cc(-c3cc4ccccc4[nH]c3=O)nn2)cc1. The minimum atomic E-state index is -0.218. The van der Waals surface area contributed by atoms with Crippen LogP contribution in [0.15, 0.2) is 65.6 Å². The van der Waals surface area contributed by atoms with Crippen molar-refractivity contribution >= 4 is 16.8 Å². The highest BCUT2D eigenvalue weighted by atomic mass is 16.5. The Morgan fingerprint density at radius 1 is 1.09 bits per heavy atom. The number of hydrogen-bond donors (Lipinski definition) is 2. The van der Waals surface area contributed by atoms with Gasteiger partial charge in [0.15, 0.2) is 0 Å². The van der Waals surface area contributed by atoms with Gasteiger partial charge in [-0.25, -0.2) is 4.68 Å². The molecule has 1 saturated heterocycles. The lowest BCUT2D eigenvalue weighted by molar-refractivity contribution is 0.0383. The molecule has 0 radical (unpaired) electrons. The molecule has 0 bridgehead atoms. The van der Waals surface area contributed by atoms with E-state index in [0.717, 1.165) is 49.4 Å². The molecule has 1 aliphatic rings. The third kappa shape index (κ3) is 4.69. The molecule has 4 aromatic rings. The number of carbonyl (C=O) groups excluding carboxylic acids is 1. The Morgan fingerprint density at radius 2 is 1.88 bits per heavy atom. The van der Waals surface area contributed by atoms with Gasteiger partial charge >= 0.3 is 0 Å². The number of hydrogen-bond acceptors (Lipinski definition) is 6. The smallest absolute Gasteiger partial charge is 0.258 e. The predicted octanol–water partition coefficient (Wildman–Crippen LogP) is 1.84. The Labute approximate surface area is 190 Å². The number of aromatic nitrogens is 4. The fraction of sp³-hybridized carbons (Fsp3) is 0.250. The van der Waals surface area contributed by atoms with Crippen LogP contribution in [0.1, 0.15) is 10.4 Å². The lowest BCUT2D eigenvalue weighted by Crippen LogP contribution is -2.41. The molecule has 33 heavy (non-hydrogen) atoms. The number of pyridine rings is 1. The van der Waals surface area contributed by atoms with Crippen LogP contribution in [0.4, 0.5) is 0 Å². The summed E-state index contributed by atoms with van der Waals surface area (Å²) in [6.45, 7) is 4.69. The van der Waals surface area contributed by atoms with Crippen LogP contribution in [0.2, 0.25) is 0 Å². The van der Waals surface area contributed by atoms with Crippen molar-refractivity contribution in [1.82, 2.24) is 30.2 Å². The molecule has 3 heterocycles. The van der Waals surface area contributed by atoms with Crippen molar-refractivity contribution < 1.29 is 9.53 Å². The minimum Gasteiger partial charge on any atom is -0.379 e. The molecule has 9 nitrogen and oxygen atoms in total. The number of para-hydroxylation sites is 1. The summed E-state index contributed by atoms with van der Waals surface area (Å²) in [6, 6.07) is 16.5. The summed E-state index contributed by atoms with van der Waals surface area (Å²) in [6.07, 6.45) is 1.71. The standard InChI is InChI=1S/C24H24N6O3/c31-23(25-9-10-29-11-13-33-14-12-29)17-5-7-19(8-6-17)30-16-22(27-28-30)20-15-18-3-1-2-4-21(18)26-24(20)32/h1-8,15-16H,9-14H2,(H,25,31)(H,26,32). The number of ether oxygens (including phenoxy) is 1. The van der Waals surface area contributed by atoms with E-state index in [0.29, 0.717) is 23.4 Å². The van der Waals surface area contributed by atoms with Gasteiger partial charge < -0.3 is 15.0 Å². The molecular formula is C24H24N6O3. The molecule has 1 aliphatic heterocycles. The van der Waals surface area contributed by atoms with Crippen molar-refractivity contribution in [2.24, 2.45) is 0 Å². The lowest BCUT2D eigenvalue weighted by Gasteiger charge is -2.26. The number of rotatable bonds is 6. The lowest BCUT2D eigenvalue weighted by atomic mass is 10.1. The third-order valence-corrected chi connectivity index (χ3v) is 5.73. The maximum Gasteiger partial charge on any atom is 0.258 e. The Kier molecular flexibility index (Phi) is 5.97. The first-order valence-corrected chi connectivity index (χ1v) is 10.9. The summed E-state index contributed by atoms with van der Waals surface area (Å²) in [5, 5.41) is 12.2. The molecular weight excluding hydrogens is 420 g/mol. The Morgan fingerprint density at radius 3 is 2.70 bits per heavy atom. The molecule has 2 aromatic heterocycles. The van der Waals surface area contributed by atoms with Crippen LogP contribution >= 0.6 is 0 Å². The van der Waals surface area contributed by atoms with E-state index in [4.69, 9.17) is 4.74 Å². The molecule has 2 aromatic carbocycles. The van der Waals surface area contributed by atoms with E-state index < -0.39 is 0 Å². The van der Waals surface area contributed by atoms with Crippen molar-refractivity contribution in [3.05, 3.63) is 76.7 Å². The van der Waals surface area contributed by atoms with Crippen molar-refractivity contribution in [3.8, 4) is 16.9 Å². The van der Waals surface area contributed by atoms with Gasteiger partial charge in [-0.1, -0.05) is 23.4 Å². The number of fused-ring (bicyclic) bond motifs is 1. The zero-order valence-electron chi connectivity index (χ0n) is 18.0.